The zero-order chi connectivity index (χ0) is 31.5. The van der Waals surface area contributed by atoms with Crippen LogP contribution in [0.3, 0.4) is 0 Å². The Morgan fingerprint density at radius 2 is 1.93 bits per heavy atom. The maximum absolute atomic E-state index is 14.4. The number of aryl methyl sites for hydroxylation is 2. The van der Waals surface area contributed by atoms with Gasteiger partial charge in [0.15, 0.2) is 22.1 Å². The van der Waals surface area contributed by atoms with Gasteiger partial charge in [-0.25, -0.2) is 27.6 Å². The fourth-order valence-electron chi connectivity index (χ4n) is 4.71. The number of nitrogens with one attached hydrogen (secondary N) is 1. The van der Waals surface area contributed by atoms with E-state index >= 15 is 0 Å². The quantitative estimate of drug-likeness (QED) is 0.277. The first-order valence-electron chi connectivity index (χ1n) is 13.3. The number of rotatable bonds is 9. The Bertz CT molecular complexity index is 1740. The van der Waals surface area contributed by atoms with E-state index in [1.807, 2.05) is 6.92 Å². The maximum atomic E-state index is 14.4. The lowest BCUT2D eigenvalue weighted by molar-refractivity contribution is -0.451. The lowest BCUT2D eigenvalue weighted by atomic mass is 10.1. The van der Waals surface area contributed by atoms with E-state index in [0.29, 0.717) is 48.6 Å². The van der Waals surface area contributed by atoms with Crippen LogP contribution in [0.15, 0.2) is 60.3 Å². The largest absolute Gasteiger partial charge is 0.483 e. The van der Waals surface area contributed by atoms with Crippen LogP contribution in [0.1, 0.15) is 40.2 Å². The summed E-state index contributed by atoms with van der Waals surface area (Å²) in [5.41, 5.74) is 2.54. The number of carbonyl (C=O) groups is 2. The smallest absolute Gasteiger partial charge is 0.411 e. The molecule has 1 aromatic carbocycles. The third kappa shape index (κ3) is 7.70. The molecule has 4 rings (SSSR count). The molecule has 1 aliphatic heterocycles. The van der Waals surface area contributed by atoms with Crippen LogP contribution < -0.4 is 10.1 Å². The molecule has 43 heavy (non-hydrogen) atoms. The van der Waals surface area contributed by atoms with E-state index in [0.717, 1.165) is 12.0 Å². The number of amides is 2. The monoisotopic (exact) mass is 628 g/mol. The van der Waals surface area contributed by atoms with E-state index in [9.17, 15) is 22.4 Å². The molecule has 0 saturated carbocycles. The molecule has 0 spiro atoms. The fraction of sp³-hybridized carbons (Fsp3) is 0.300. The lowest BCUT2D eigenvalue weighted by Gasteiger charge is -2.29. The van der Waals surface area contributed by atoms with Crippen molar-refractivity contribution in [3.05, 3.63) is 88.6 Å². The summed E-state index contributed by atoms with van der Waals surface area (Å²) in [6.07, 6.45) is 4.34. The van der Waals surface area contributed by atoms with Crippen molar-refractivity contribution in [1.29, 1.82) is 0 Å². The SMILES string of the molecule is C=CC(=O)[N+]1=C(C)CN(C[C@H](Oc2cnc(C(=O)Nc3ncc(S(C)(=O)=O)cc3C)c(C)c2)c2ccc(Cl)c(F)c2)CC1. The first-order chi connectivity index (χ1) is 20.3. The summed E-state index contributed by atoms with van der Waals surface area (Å²) in [5.74, 6) is -0.687. The van der Waals surface area contributed by atoms with Gasteiger partial charge >= 0.3 is 5.91 Å². The Balaban J connectivity index is 1.54. The van der Waals surface area contributed by atoms with E-state index in [1.54, 1.807) is 30.6 Å². The molecule has 0 fully saturated rings. The molecule has 0 aliphatic carbocycles. The summed E-state index contributed by atoms with van der Waals surface area (Å²) in [6.45, 7) is 10.7. The molecule has 13 heteroatoms. The Morgan fingerprint density at radius 1 is 1.19 bits per heavy atom. The molecule has 3 aromatic rings. The second-order valence-corrected chi connectivity index (χ2v) is 12.8. The summed E-state index contributed by atoms with van der Waals surface area (Å²) < 4.78 is 46.0. The first-order valence-corrected chi connectivity index (χ1v) is 15.6. The van der Waals surface area contributed by atoms with Crippen LogP contribution in [0, 0.1) is 19.7 Å². The van der Waals surface area contributed by atoms with Crippen molar-refractivity contribution in [3.8, 4) is 5.75 Å². The number of aromatic nitrogens is 2. The van der Waals surface area contributed by atoms with E-state index in [4.69, 9.17) is 16.3 Å². The molecule has 0 bridgehead atoms. The number of halogens is 2. The Morgan fingerprint density at radius 3 is 2.53 bits per heavy atom. The van der Waals surface area contributed by atoms with Gasteiger partial charge in [0, 0.05) is 32.0 Å². The highest BCUT2D eigenvalue weighted by molar-refractivity contribution is 7.90. The topological polar surface area (TPSA) is 122 Å². The predicted molar refractivity (Wildman–Crippen MR) is 161 cm³/mol. The Labute approximate surface area is 254 Å². The molecule has 3 heterocycles. The van der Waals surface area contributed by atoms with Crippen LogP contribution in [0.25, 0.3) is 0 Å². The summed E-state index contributed by atoms with van der Waals surface area (Å²) in [4.78, 5) is 35.7. The number of benzene rings is 1. The third-order valence-electron chi connectivity index (χ3n) is 6.99. The standard InChI is InChI=1S/C30H31ClFN5O5S/c1-6-27(38)37-10-9-36(16-20(37)4)17-26(21-7-8-24(31)25(32)13-21)42-22-11-18(2)28(33-14-22)30(39)35-29-19(3)12-23(15-34-29)43(5,40)41/h6-8,11-15,26H,1,9-10,16-17H2,2-5H3/p+1/t26-/m0/s1. The molecule has 2 aromatic heterocycles. The number of sulfone groups is 1. The van der Waals surface area contributed by atoms with E-state index in [2.05, 4.69) is 26.8 Å². The van der Waals surface area contributed by atoms with Crippen LogP contribution in [0.4, 0.5) is 10.2 Å². The zero-order valence-corrected chi connectivity index (χ0v) is 25.8. The van der Waals surface area contributed by atoms with Gasteiger partial charge in [0.05, 0.1) is 29.2 Å². The van der Waals surface area contributed by atoms with Gasteiger partial charge in [0.25, 0.3) is 5.91 Å². The van der Waals surface area contributed by atoms with Gasteiger partial charge in [-0.1, -0.05) is 24.2 Å². The molecular weight excluding hydrogens is 597 g/mol. The minimum Gasteiger partial charge on any atom is -0.483 e. The summed E-state index contributed by atoms with van der Waals surface area (Å²) in [6, 6.07) is 7.58. The van der Waals surface area contributed by atoms with E-state index in [-0.39, 0.29) is 27.3 Å². The number of anilines is 1. The first kappa shape index (κ1) is 31.9. The third-order valence-corrected chi connectivity index (χ3v) is 8.38. The average Bonchev–Trinajstić information content (AvgIpc) is 2.94. The molecule has 0 unspecified atom stereocenters. The van der Waals surface area contributed by atoms with E-state index < -0.39 is 27.7 Å². The highest BCUT2D eigenvalue weighted by atomic mass is 35.5. The minimum atomic E-state index is -3.44. The lowest BCUT2D eigenvalue weighted by Crippen LogP contribution is -2.47. The summed E-state index contributed by atoms with van der Waals surface area (Å²) in [7, 11) is -3.44. The molecule has 226 valence electrons. The summed E-state index contributed by atoms with van der Waals surface area (Å²) >= 11 is 5.92. The maximum Gasteiger partial charge on any atom is 0.411 e. The minimum absolute atomic E-state index is 0.00760. The normalized spacial score (nSPS) is 14.7. The number of pyridine rings is 2. The van der Waals surface area contributed by atoms with Crippen LogP contribution in [0.2, 0.25) is 5.02 Å². The highest BCUT2D eigenvalue weighted by Gasteiger charge is 2.29. The van der Waals surface area contributed by atoms with Crippen LogP contribution in [-0.4, -0.2) is 77.8 Å². The molecule has 1 N–H and O–H groups in total. The highest BCUT2D eigenvalue weighted by Crippen LogP contribution is 2.27. The van der Waals surface area contributed by atoms with Crippen LogP contribution >= 0.6 is 11.6 Å². The van der Waals surface area contributed by atoms with Gasteiger partial charge in [-0.05, 0) is 54.8 Å². The molecule has 10 nitrogen and oxygen atoms in total. The molecule has 1 aliphatic rings. The predicted octanol–water partition coefficient (Wildman–Crippen LogP) is 4.16. The van der Waals surface area contributed by atoms with Gasteiger partial charge in [0.1, 0.15) is 29.2 Å². The average molecular weight is 629 g/mol. The molecular formula is C30H32ClFN5O5S+. The van der Waals surface area contributed by atoms with Crippen molar-refractivity contribution >= 4 is 44.8 Å². The van der Waals surface area contributed by atoms with Crippen molar-refractivity contribution in [2.45, 2.75) is 31.8 Å². The second-order valence-electron chi connectivity index (χ2n) is 10.3. The van der Waals surface area contributed by atoms with Gasteiger partial charge < -0.3 is 10.1 Å². The Hall–Kier alpha value is -4.00. The molecule has 1 atom stereocenters. The molecule has 0 saturated heterocycles. The van der Waals surface area contributed by atoms with Gasteiger partial charge in [0.2, 0.25) is 0 Å². The number of nitrogens with zero attached hydrogens (tertiary/aromatic N) is 4. The van der Waals surface area contributed by atoms with E-state index in [1.165, 1.54) is 36.7 Å². The van der Waals surface area contributed by atoms with Crippen molar-refractivity contribution < 1.29 is 31.7 Å². The fourth-order valence-corrected chi connectivity index (χ4v) is 5.46. The number of hydrogen-bond donors (Lipinski definition) is 1. The van der Waals surface area contributed by atoms with Gasteiger partial charge in [-0.3, -0.25) is 9.69 Å². The van der Waals surface area contributed by atoms with Crippen molar-refractivity contribution in [2.75, 3.05) is 37.8 Å². The number of ether oxygens (including phenoxy) is 1. The Kier molecular flexibility index (Phi) is 9.73. The van der Waals surface area contributed by atoms with Crippen molar-refractivity contribution in [1.82, 2.24) is 14.9 Å². The number of hydrogen-bond acceptors (Lipinski definition) is 8. The molecule has 2 amide bonds. The summed E-state index contributed by atoms with van der Waals surface area (Å²) in [5, 5.41) is 2.66. The van der Waals surface area contributed by atoms with Gasteiger partial charge in [-0.2, -0.15) is 4.58 Å². The van der Waals surface area contributed by atoms with Crippen molar-refractivity contribution in [2.24, 2.45) is 0 Å². The van der Waals surface area contributed by atoms with Crippen molar-refractivity contribution in [3.63, 3.8) is 0 Å². The van der Waals surface area contributed by atoms with Crippen LogP contribution in [-0.2, 0) is 14.6 Å². The zero-order valence-electron chi connectivity index (χ0n) is 24.2. The van der Waals surface area contributed by atoms with Gasteiger partial charge in [-0.15, -0.1) is 0 Å². The second kappa shape index (κ2) is 13.1. The van der Waals surface area contributed by atoms with Crippen LogP contribution in [0.5, 0.6) is 5.75 Å². The molecule has 0 radical (unpaired) electrons. The number of carbonyl (C=O) groups excluding carboxylic acids is 2.